The first-order chi connectivity index (χ1) is 12.7. The fourth-order valence-electron chi connectivity index (χ4n) is 2.68. The summed E-state index contributed by atoms with van der Waals surface area (Å²) in [5, 5.41) is 7.59. The highest BCUT2D eigenvalue weighted by molar-refractivity contribution is 7.99. The zero-order chi connectivity index (χ0) is 19.8. The van der Waals surface area contributed by atoms with E-state index in [4.69, 9.17) is 11.6 Å². The van der Waals surface area contributed by atoms with Gasteiger partial charge in [0.05, 0.1) is 16.3 Å². The van der Waals surface area contributed by atoms with Crippen LogP contribution < -0.4 is 0 Å². The molecule has 7 nitrogen and oxygen atoms in total. The van der Waals surface area contributed by atoms with E-state index in [1.165, 1.54) is 6.92 Å². The second kappa shape index (κ2) is 7.55. The van der Waals surface area contributed by atoms with E-state index in [1.54, 1.807) is 9.80 Å². The van der Waals surface area contributed by atoms with Gasteiger partial charge in [-0.3, -0.25) is 14.0 Å². The lowest BCUT2D eigenvalue weighted by Gasteiger charge is -2.34. The molecule has 1 aliphatic heterocycles. The molecule has 0 radical (unpaired) electrons. The summed E-state index contributed by atoms with van der Waals surface area (Å²) < 4.78 is 40.0. The van der Waals surface area contributed by atoms with E-state index in [2.05, 4.69) is 10.2 Å². The average molecular weight is 422 g/mol. The molecule has 0 aliphatic carbocycles. The molecule has 0 unspecified atom stereocenters. The van der Waals surface area contributed by atoms with E-state index >= 15 is 0 Å². The Balaban J connectivity index is 1.69. The quantitative estimate of drug-likeness (QED) is 0.710. The number of rotatable bonds is 3. The Labute approximate surface area is 161 Å². The van der Waals surface area contributed by atoms with Crippen molar-refractivity contribution in [3.63, 3.8) is 0 Å². The summed E-state index contributed by atoms with van der Waals surface area (Å²) in [4.78, 5) is 26.9. The van der Waals surface area contributed by atoms with Gasteiger partial charge in [0.1, 0.15) is 0 Å². The number of thioether (sulfide) groups is 1. The minimum Gasteiger partial charge on any atom is -0.339 e. The van der Waals surface area contributed by atoms with Crippen molar-refractivity contribution in [1.82, 2.24) is 24.4 Å². The Hall–Kier alpha value is -2.01. The number of nitrogens with zero attached hydrogens (tertiary/aromatic N) is 5. The van der Waals surface area contributed by atoms with Crippen molar-refractivity contribution < 1.29 is 22.8 Å². The topological polar surface area (TPSA) is 70.8 Å². The number of hydrogen-bond acceptors (Lipinski definition) is 5. The average Bonchev–Trinajstić information content (AvgIpc) is 3.02. The number of carbonyl (C=O) groups is 2. The van der Waals surface area contributed by atoms with Crippen molar-refractivity contribution in [3.8, 4) is 0 Å². The van der Waals surface area contributed by atoms with Crippen LogP contribution in [0.1, 0.15) is 12.5 Å². The second-order valence-corrected chi connectivity index (χ2v) is 7.28. The summed E-state index contributed by atoms with van der Waals surface area (Å²) in [6.07, 6.45) is -3.70. The van der Waals surface area contributed by atoms with Gasteiger partial charge in [0.15, 0.2) is 10.8 Å². The van der Waals surface area contributed by atoms with Crippen molar-refractivity contribution >= 4 is 40.8 Å². The molecule has 0 bridgehead atoms. The molecule has 2 amide bonds. The smallest absolute Gasteiger partial charge is 0.339 e. The number of piperazine rings is 1. The molecule has 0 aromatic carbocycles. The summed E-state index contributed by atoms with van der Waals surface area (Å²) in [7, 11) is 0. The molecule has 0 spiro atoms. The SMILES string of the molecule is CC(=O)N1CCN(C(=O)CSc2nnc3c(Cl)cc(C(F)(F)F)cn23)CC1. The largest absolute Gasteiger partial charge is 0.417 e. The molecule has 2 aromatic heterocycles. The zero-order valence-corrected chi connectivity index (χ0v) is 15.7. The Morgan fingerprint density at radius 3 is 2.41 bits per heavy atom. The Kier molecular flexibility index (Phi) is 5.52. The van der Waals surface area contributed by atoms with E-state index in [9.17, 15) is 22.8 Å². The van der Waals surface area contributed by atoms with Gasteiger partial charge < -0.3 is 9.80 Å². The lowest BCUT2D eigenvalue weighted by atomic mass is 10.3. The van der Waals surface area contributed by atoms with E-state index in [0.29, 0.717) is 26.2 Å². The van der Waals surface area contributed by atoms with Crippen LogP contribution in [0.5, 0.6) is 0 Å². The number of pyridine rings is 1. The van der Waals surface area contributed by atoms with Crippen molar-refractivity contribution in [3.05, 3.63) is 22.8 Å². The van der Waals surface area contributed by atoms with Crippen LogP contribution in [-0.4, -0.2) is 68.1 Å². The maximum absolute atomic E-state index is 13.0. The van der Waals surface area contributed by atoms with E-state index in [0.717, 1.165) is 28.4 Å². The monoisotopic (exact) mass is 421 g/mol. The maximum atomic E-state index is 13.0. The Bertz CT molecular complexity index is 880. The molecule has 1 fully saturated rings. The molecule has 0 saturated carbocycles. The highest BCUT2D eigenvalue weighted by atomic mass is 35.5. The van der Waals surface area contributed by atoms with E-state index in [1.807, 2.05) is 0 Å². The fraction of sp³-hybridized carbons (Fsp3) is 0.467. The summed E-state index contributed by atoms with van der Waals surface area (Å²) in [6, 6.07) is 0.791. The first-order valence-electron chi connectivity index (χ1n) is 7.94. The molecular weight excluding hydrogens is 407 g/mol. The molecule has 146 valence electrons. The number of amides is 2. The first kappa shape index (κ1) is 19.7. The van der Waals surface area contributed by atoms with Gasteiger partial charge in [-0.2, -0.15) is 13.2 Å². The van der Waals surface area contributed by atoms with Crippen molar-refractivity contribution in [1.29, 1.82) is 0 Å². The third-order valence-corrected chi connectivity index (χ3v) is 5.36. The predicted octanol–water partition coefficient (Wildman–Crippen LogP) is 2.18. The number of aromatic nitrogens is 3. The van der Waals surface area contributed by atoms with Gasteiger partial charge in [-0.15, -0.1) is 10.2 Å². The van der Waals surface area contributed by atoms with Gasteiger partial charge in [0, 0.05) is 39.3 Å². The highest BCUT2D eigenvalue weighted by Gasteiger charge is 2.32. The van der Waals surface area contributed by atoms with Crippen molar-refractivity contribution in [2.45, 2.75) is 18.3 Å². The van der Waals surface area contributed by atoms with Gasteiger partial charge in [0.2, 0.25) is 11.8 Å². The van der Waals surface area contributed by atoms with Gasteiger partial charge in [-0.25, -0.2) is 0 Å². The number of halogens is 4. The summed E-state index contributed by atoms with van der Waals surface area (Å²) >= 11 is 6.85. The first-order valence-corrected chi connectivity index (χ1v) is 9.30. The number of fused-ring (bicyclic) bond motifs is 1. The highest BCUT2D eigenvalue weighted by Crippen LogP contribution is 2.33. The lowest BCUT2D eigenvalue weighted by molar-refractivity contribution is -0.138. The van der Waals surface area contributed by atoms with Crippen LogP contribution in [0.2, 0.25) is 5.02 Å². The van der Waals surface area contributed by atoms with Crippen LogP contribution in [-0.2, 0) is 15.8 Å². The minimum atomic E-state index is -4.56. The Morgan fingerprint density at radius 2 is 1.81 bits per heavy atom. The van der Waals surface area contributed by atoms with Crippen LogP contribution in [0.25, 0.3) is 5.65 Å². The number of carbonyl (C=O) groups excluding carboxylic acids is 2. The molecule has 0 N–H and O–H groups in total. The van der Waals surface area contributed by atoms with Crippen LogP contribution in [0, 0.1) is 0 Å². The van der Waals surface area contributed by atoms with Crippen molar-refractivity contribution in [2.24, 2.45) is 0 Å². The van der Waals surface area contributed by atoms with E-state index < -0.39 is 11.7 Å². The molecule has 3 rings (SSSR count). The summed E-state index contributed by atoms with van der Waals surface area (Å²) in [5.74, 6) is -0.226. The molecule has 3 heterocycles. The zero-order valence-electron chi connectivity index (χ0n) is 14.2. The van der Waals surface area contributed by atoms with Crippen molar-refractivity contribution in [2.75, 3.05) is 31.9 Å². The maximum Gasteiger partial charge on any atom is 0.417 e. The van der Waals surface area contributed by atoms with Crippen LogP contribution in [0.4, 0.5) is 13.2 Å². The number of hydrogen-bond donors (Lipinski definition) is 0. The Morgan fingerprint density at radius 1 is 1.19 bits per heavy atom. The van der Waals surface area contributed by atoms with Gasteiger partial charge in [-0.05, 0) is 6.07 Å². The fourth-order valence-corrected chi connectivity index (χ4v) is 3.73. The molecule has 1 saturated heterocycles. The van der Waals surface area contributed by atoms with E-state index in [-0.39, 0.29) is 33.4 Å². The molecule has 1 aliphatic rings. The van der Waals surface area contributed by atoms with Crippen LogP contribution >= 0.6 is 23.4 Å². The normalized spacial score (nSPS) is 15.4. The molecule has 27 heavy (non-hydrogen) atoms. The molecule has 12 heteroatoms. The molecule has 2 aromatic rings. The standard InChI is InChI=1S/C15H15ClF3N5O2S/c1-9(25)22-2-4-23(5-3-22)12(26)8-27-14-21-20-13-11(16)6-10(7-24(13)14)15(17,18)19/h6-7H,2-5,8H2,1H3. The van der Waals surface area contributed by atoms with Gasteiger partial charge in [0.25, 0.3) is 0 Å². The summed E-state index contributed by atoms with van der Waals surface area (Å²) in [6.45, 7) is 3.24. The molecular formula is C15H15ClF3N5O2S. The summed E-state index contributed by atoms with van der Waals surface area (Å²) in [5.41, 5.74) is -0.831. The predicted molar refractivity (Wildman–Crippen MR) is 92.6 cm³/mol. The third-order valence-electron chi connectivity index (χ3n) is 4.16. The third kappa shape index (κ3) is 4.29. The van der Waals surface area contributed by atoms with Crippen LogP contribution in [0.15, 0.2) is 17.4 Å². The molecule has 0 atom stereocenters. The number of alkyl halides is 3. The minimum absolute atomic E-state index is 0.00523. The lowest BCUT2D eigenvalue weighted by Crippen LogP contribution is -2.50. The van der Waals surface area contributed by atoms with Gasteiger partial charge in [-0.1, -0.05) is 23.4 Å². The van der Waals surface area contributed by atoms with Gasteiger partial charge >= 0.3 is 6.18 Å². The van der Waals surface area contributed by atoms with Crippen LogP contribution in [0.3, 0.4) is 0 Å². The second-order valence-electron chi connectivity index (χ2n) is 5.93.